The van der Waals surface area contributed by atoms with Gasteiger partial charge in [0.15, 0.2) is 0 Å². The molecule has 0 atom stereocenters. The Balaban J connectivity index is 5.30. The predicted octanol–water partition coefficient (Wildman–Crippen LogP) is 1.68. The molecule has 18 heavy (non-hydrogen) atoms. The molecular weight excluding hydrogens is 223 g/mol. The quantitative estimate of drug-likeness (QED) is 0.392. The third kappa shape index (κ3) is 5.40. The Kier molecular flexibility index (Phi) is 8.28. The first-order chi connectivity index (χ1) is 8.34. The zero-order valence-electron chi connectivity index (χ0n) is 13.6. The van der Waals surface area contributed by atoms with Crippen LogP contribution in [0.4, 0.5) is 0 Å². The average molecular weight is 254 g/mol. The summed E-state index contributed by atoms with van der Waals surface area (Å²) in [7, 11) is 8.45. The third-order valence-corrected chi connectivity index (χ3v) is 2.80. The predicted molar refractivity (Wildman–Crippen MR) is 83.2 cm³/mol. The minimum Gasteiger partial charge on any atom is -0.366 e. The Hall–Kier alpha value is -0.545. The van der Waals surface area contributed by atoms with Crippen LogP contribution in [-0.4, -0.2) is 74.6 Å². The van der Waals surface area contributed by atoms with Gasteiger partial charge in [-0.1, -0.05) is 6.92 Å². The fourth-order valence-electron chi connectivity index (χ4n) is 2.20. The van der Waals surface area contributed by atoms with E-state index in [4.69, 9.17) is 4.99 Å². The fraction of sp³-hybridized carbons (Fsp3) is 0.923. The second-order valence-corrected chi connectivity index (χ2v) is 5.46. The van der Waals surface area contributed by atoms with Crippen molar-refractivity contribution in [1.82, 2.24) is 14.5 Å². The van der Waals surface area contributed by atoms with Crippen LogP contribution in [0.5, 0.6) is 0 Å². The van der Waals surface area contributed by atoms with Crippen LogP contribution in [0.25, 0.3) is 0 Å². The van der Waals surface area contributed by atoms with Gasteiger partial charge in [0, 0.05) is 19.1 Å². The zero-order valence-corrected chi connectivity index (χ0v) is 13.6. The summed E-state index contributed by atoms with van der Waals surface area (Å²) < 4.78 is 0. The van der Waals surface area contributed by atoms with Crippen LogP contribution >= 0.6 is 0 Å². The first-order valence-electron chi connectivity index (χ1n) is 7.00. The Morgan fingerprint density at radius 2 is 1.56 bits per heavy atom. The second-order valence-electron chi connectivity index (χ2n) is 5.46. The maximum Gasteiger partial charge on any atom is 0.385 e. The van der Waals surface area contributed by atoms with Crippen LogP contribution in [-0.2, 0) is 0 Å². The molecule has 0 aromatic rings. The highest BCUT2D eigenvalue weighted by Gasteiger charge is 2.31. The van der Waals surface area contributed by atoms with Crippen LogP contribution in [0.3, 0.4) is 0 Å². The molecule has 0 spiro atoms. The van der Waals surface area contributed by atoms with E-state index in [1.807, 2.05) is 0 Å². The molecular formula is C13H31BN4. The Bertz CT molecular complexity index is 243. The highest BCUT2D eigenvalue weighted by molar-refractivity contribution is 6.86. The van der Waals surface area contributed by atoms with Gasteiger partial charge in [-0.3, -0.25) is 4.99 Å². The van der Waals surface area contributed by atoms with E-state index in [1.165, 1.54) is 5.73 Å². The topological polar surface area (TPSA) is 22.1 Å². The van der Waals surface area contributed by atoms with Gasteiger partial charge in [0.05, 0.1) is 5.73 Å². The van der Waals surface area contributed by atoms with Crippen LogP contribution < -0.4 is 0 Å². The molecule has 0 unspecified atom stereocenters. The molecule has 0 saturated heterocycles. The molecule has 0 heterocycles. The summed E-state index contributed by atoms with van der Waals surface area (Å²) in [6.07, 6.45) is 1.15. The standard InChI is InChI=1S/C13H31BN4/c1-9-11-18(10-2)13(15-12(3)4)14(16(5)6)17(7)8/h12H,9-11H2,1-8H3. The molecule has 0 radical (unpaired) electrons. The van der Waals surface area contributed by atoms with Crippen molar-refractivity contribution < 1.29 is 0 Å². The van der Waals surface area contributed by atoms with Gasteiger partial charge >= 0.3 is 6.98 Å². The van der Waals surface area contributed by atoms with Crippen molar-refractivity contribution in [1.29, 1.82) is 0 Å². The van der Waals surface area contributed by atoms with E-state index in [0.717, 1.165) is 19.5 Å². The van der Waals surface area contributed by atoms with Crippen molar-refractivity contribution in [3.8, 4) is 0 Å². The molecule has 0 aliphatic rings. The van der Waals surface area contributed by atoms with Crippen molar-refractivity contribution in [3.05, 3.63) is 0 Å². The number of nitrogens with zero attached hydrogens (tertiary/aromatic N) is 4. The molecule has 0 aliphatic heterocycles. The van der Waals surface area contributed by atoms with Gasteiger partial charge < -0.3 is 14.5 Å². The van der Waals surface area contributed by atoms with Gasteiger partial charge in [0.2, 0.25) is 0 Å². The summed E-state index contributed by atoms with van der Waals surface area (Å²) in [6, 6.07) is 0.327. The van der Waals surface area contributed by atoms with Crippen LogP contribution in [0, 0.1) is 0 Å². The molecule has 0 aromatic carbocycles. The molecule has 0 bridgehead atoms. The van der Waals surface area contributed by atoms with E-state index in [1.54, 1.807) is 0 Å². The van der Waals surface area contributed by atoms with Gasteiger partial charge in [0.25, 0.3) is 0 Å². The van der Waals surface area contributed by atoms with Crippen molar-refractivity contribution >= 4 is 12.7 Å². The summed E-state index contributed by atoms with van der Waals surface area (Å²) in [6.45, 7) is 11.0. The van der Waals surface area contributed by atoms with Gasteiger partial charge in [-0.15, -0.1) is 0 Å². The van der Waals surface area contributed by atoms with Crippen molar-refractivity contribution in [2.24, 2.45) is 4.99 Å². The molecule has 4 nitrogen and oxygen atoms in total. The van der Waals surface area contributed by atoms with E-state index in [0.29, 0.717) is 6.04 Å². The van der Waals surface area contributed by atoms with Gasteiger partial charge in [-0.05, 0) is 55.4 Å². The van der Waals surface area contributed by atoms with E-state index in [9.17, 15) is 0 Å². The van der Waals surface area contributed by atoms with Crippen molar-refractivity contribution in [2.75, 3.05) is 41.3 Å². The maximum atomic E-state index is 4.87. The summed E-state index contributed by atoms with van der Waals surface area (Å²) in [5, 5.41) is 0. The number of amidine groups is 1. The zero-order chi connectivity index (χ0) is 14.3. The largest absolute Gasteiger partial charge is 0.385 e. The Labute approximate surface area is 114 Å². The molecule has 106 valence electrons. The second kappa shape index (κ2) is 8.54. The number of hydrogen-bond acceptors (Lipinski definition) is 3. The number of hydrogen-bond donors (Lipinski definition) is 0. The smallest absolute Gasteiger partial charge is 0.366 e. The Morgan fingerprint density at radius 3 is 1.83 bits per heavy atom. The summed E-state index contributed by atoms with van der Waals surface area (Å²) in [4.78, 5) is 11.7. The lowest BCUT2D eigenvalue weighted by molar-refractivity contribution is 0.429. The van der Waals surface area contributed by atoms with E-state index >= 15 is 0 Å². The van der Waals surface area contributed by atoms with Crippen LogP contribution in [0.15, 0.2) is 4.99 Å². The number of rotatable bonds is 7. The lowest BCUT2D eigenvalue weighted by Crippen LogP contribution is -2.58. The Morgan fingerprint density at radius 1 is 1.06 bits per heavy atom. The average Bonchev–Trinajstić information content (AvgIpc) is 2.23. The first-order valence-corrected chi connectivity index (χ1v) is 7.00. The van der Waals surface area contributed by atoms with E-state index < -0.39 is 0 Å². The molecule has 0 rings (SSSR count). The SMILES string of the molecule is CCCN(CC)C(=NC(C)C)B(N(C)C)N(C)C. The molecule has 0 aliphatic carbocycles. The maximum absolute atomic E-state index is 4.87. The highest BCUT2D eigenvalue weighted by atomic mass is 15.3. The molecule has 0 saturated carbocycles. The fourth-order valence-corrected chi connectivity index (χ4v) is 2.20. The van der Waals surface area contributed by atoms with E-state index in [2.05, 4.69) is 70.4 Å². The minimum absolute atomic E-state index is 0.235. The minimum atomic E-state index is 0.235. The highest BCUT2D eigenvalue weighted by Crippen LogP contribution is 2.05. The summed E-state index contributed by atoms with van der Waals surface area (Å²) in [5.41, 5.74) is 1.18. The number of aliphatic imine (C=N–C) groups is 1. The third-order valence-electron chi connectivity index (χ3n) is 2.80. The van der Waals surface area contributed by atoms with Gasteiger partial charge in [0.1, 0.15) is 0 Å². The molecule has 5 heteroatoms. The van der Waals surface area contributed by atoms with Crippen molar-refractivity contribution in [3.63, 3.8) is 0 Å². The van der Waals surface area contributed by atoms with Crippen LogP contribution in [0.2, 0.25) is 0 Å². The lowest BCUT2D eigenvalue weighted by Gasteiger charge is -2.34. The molecule has 0 N–H and O–H groups in total. The summed E-state index contributed by atoms with van der Waals surface area (Å²) in [5.74, 6) is 0. The van der Waals surface area contributed by atoms with E-state index in [-0.39, 0.29) is 6.98 Å². The lowest BCUT2D eigenvalue weighted by atomic mass is 9.70. The summed E-state index contributed by atoms with van der Waals surface area (Å²) >= 11 is 0. The normalized spacial score (nSPS) is 12.7. The van der Waals surface area contributed by atoms with Crippen molar-refractivity contribution in [2.45, 2.75) is 40.2 Å². The van der Waals surface area contributed by atoms with Crippen LogP contribution in [0.1, 0.15) is 34.1 Å². The first kappa shape index (κ1) is 17.5. The monoisotopic (exact) mass is 254 g/mol. The van der Waals surface area contributed by atoms with Gasteiger partial charge in [-0.25, -0.2) is 0 Å². The van der Waals surface area contributed by atoms with Gasteiger partial charge in [-0.2, -0.15) is 0 Å². The molecule has 0 aromatic heterocycles. The molecule has 0 amide bonds. The molecule has 0 fully saturated rings.